The Kier molecular flexibility index (Phi) is 7.02. The molecule has 0 aromatic heterocycles. The summed E-state index contributed by atoms with van der Waals surface area (Å²) >= 11 is 0. The molecule has 2 bridgehead atoms. The number of guanidine groups is 1. The molecule has 8 heteroatoms. The minimum Gasteiger partial charge on any atom is -0.492 e. The molecule has 3 rings (SSSR count). The van der Waals surface area contributed by atoms with E-state index in [0.29, 0.717) is 37.0 Å². The third kappa shape index (κ3) is 4.69. The first-order valence-electron chi connectivity index (χ1n) is 7.86. The van der Waals surface area contributed by atoms with E-state index in [-0.39, 0.29) is 30.1 Å². The van der Waals surface area contributed by atoms with Gasteiger partial charge in [-0.25, -0.2) is 8.78 Å². The van der Waals surface area contributed by atoms with Crippen molar-refractivity contribution in [1.82, 2.24) is 10.6 Å². The van der Waals surface area contributed by atoms with Crippen LogP contribution in [0.1, 0.15) is 19.3 Å². The summed E-state index contributed by atoms with van der Waals surface area (Å²) in [7, 11) is 1.71. The Hall–Kier alpha value is -1.16. The van der Waals surface area contributed by atoms with Crippen LogP contribution in [-0.2, 0) is 4.74 Å². The first-order chi connectivity index (χ1) is 11.2. The third-order valence-electron chi connectivity index (χ3n) is 4.21. The van der Waals surface area contributed by atoms with Crippen LogP contribution in [0.4, 0.5) is 8.78 Å². The fraction of sp³-hybridized carbons (Fsp3) is 0.562. The Morgan fingerprint density at radius 1 is 1.33 bits per heavy atom. The van der Waals surface area contributed by atoms with E-state index in [1.54, 1.807) is 7.05 Å². The van der Waals surface area contributed by atoms with Crippen molar-refractivity contribution in [3.63, 3.8) is 0 Å². The van der Waals surface area contributed by atoms with Crippen molar-refractivity contribution in [1.29, 1.82) is 0 Å². The van der Waals surface area contributed by atoms with Gasteiger partial charge in [0.25, 0.3) is 0 Å². The highest BCUT2D eigenvalue weighted by Gasteiger charge is 2.41. The summed E-state index contributed by atoms with van der Waals surface area (Å²) in [5.74, 6) is -0.799. The van der Waals surface area contributed by atoms with Crippen LogP contribution in [-0.4, -0.2) is 44.4 Å². The summed E-state index contributed by atoms with van der Waals surface area (Å²) in [5.41, 5.74) is 0. The van der Waals surface area contributed by atoms with Gasteiger partial charge in [-0.1, -0.05) is 0 Å². The normalized spacial score (nSPS) is 25.3. The number of aliphatic imine (C=N–C) groups is 1. The topological polar surface area (TPSA) is 54.9 Å². The fourth-order valence-corrected chi connectivity index (χ4v) is 3.06. The molecule has 24 heavy (non-hydrogen) atoms. The van der Waals surface area contributed by atoms with Gasteiger partial charge in [0.05, 0.1) is 24.8 Å². The van der Waals surface area contributed by atoms with Gasteiger partial charge in [-0.15, -0.1) is 24.0 Å². The number of fused-ring (bicyclic) bond motifs is 2. The van der Waals surface area contributed by atoms with Crippen molar-refractivity contribution >= 4 is 29.9 Å². The molecule has 134 valence electrons. The standard InChI is InChI=1S/C16H21F2N3O2.HI/c1-19-16(21-14-9-11-3-5-15(14)23-11)20-6-7-22-10-2-4-12(17)13(18)8-10;/h2,4,8,11,14-15H,3,5-7,9H2,1H3,(H2,19,20,21);1H. The van der Waals surface area contributed by atoms with Gasteiger partial charge >= 0.3 is 0 Å². The largest absolute Gasteiger partial charge is 0.492 e. The molecule has 0 saturated carbocycles. The predicted molar refractivity (Wildman–Crippen MR) is 98.1 cm³/mol. The summed E-state index contributed by atoms with van der Waals surface area (Å²) in [6, 6.07) is 3.79. The summed E-state index contributed by atoms with van der Waals surface area (Å²) in [6.07, 6.45) is 3.91. The van der Waals surface area contributed by atoms with Crippen LogP contribution in [0.2, 0.25) is 0 Å². The van der Waals surface area contributed by atoms with Gasteiger partial charge in [-0.2, -0.15) is 0 Å². The Labute approximate surface area is 157 Å². The van der Waals surface area contributed by atoms with Crippen molar-refractivity contribution in [3.8, 4) is 5.75 Å². The number of halogens is 3. The average Bonchev–Trinajstić information content (AvgIpc) is 3.16. The zero-order valence-electron chi connectivity index (χ0n) is 13.4. The van der Waals surface area contributed by atoms with Crippen LogP contribution >= 0.6 is 24.0 Å². The molecule has 0 aliphatic carbocycles. The monoisotopic (exact) mass is 453 g/mol. The molecule has 2 fully saturated rings. The van der Waals surface area contributed by atoms with Gasteiger partial charge in [0.1, 0.15) is 12.4 Å². The van der Waals surface area contributed by atoms with Crippen molar-refractivity contribution in [2.24, 2.45) is 4.99 Å². The quantitative estimate of drug-likeness (QED) is 0.312. The maximum absolute atomic E-state index is 13.1. The van der Waals surface area contributed by atoms with E-state index in [2.05, 4.69) is 15.6 Å². The number of nitrogens with one attached hydrogen (secondary N) is 2. The molecule has 2 aliphatic heterocycles. The van der Waals surface area contributed by atoms with Crippen molar-refractivity contribution in [2.45, 2.75) is 37.5 Å². The maximum Gasteiger partial charge on any atom is 0.191 e. The zero-order chi connectivity index (χ0) is 16.2. The van der Waals surface area contributed by atoms with E-state index >= 15 is 0 Å². The smallest absolute Gasteiger partial charge is 0.191 e. The number of hydrogen-bond acceptors (Lipinski definition) is 3. The Bertz CT molecular complexity index is 588. The van der Waals surface area contributed by atoms with Gasteiger partial charge in [0.15, 0.2) is 17.6 Å². The SMILES string of the molecule is CN=C(NCCOc1ccc(F)c(F)c1)NC1CC2CCC1O2.I. The van der Waals surface area contributed by atoms with E-state index in [4.69, 9.17) is 9.47 Å². The maximum atomic E-state index is 13.1. The molecular formula is C16H22F2IN3O2. The first-order valence-corrected chi connectivity index (χ1v) is 7.86. The number of nitrogens with zero attached hydrogens (tertiary/aromatic N) is 1. The number of rotatable bonds is 5. The fourth-order valence-electron chi connectivity index (χ4n) is 3.06. The molecular weight excluding hydrogens is 431 g/mol. The Morgan fingerprint density at radius 2 is 2.17 bits per heavy atom. The van der Waals surface area contributed by atoms with Crippen LogP contribution in [0, 0.1) is 11.6 Å². The van der Waals surface area contributed by atoms with Crippen LogP contribution in [0.15, 0.2) is 23.2 Å². The summed E-state index contributed by atoms with van der Waals surface area (Å²) in [6.45, 7) is 0.819. The molecule has 1 aromatic carbocycles. The summed E-state index contributed by atoms with van der Waals surface area (Å²) < 4.78 is 37.1. The van der Waals surface area contributed by atoms with Crippen LogP contribution < -0.4 is 15.4 Å². The second-order valence-corrected chi connectivity index (χ2v) is 5.78. The van der Waals surface area contributed by atoms with Gasteiger partial charge in [0, 0.05) is 13.1 Å². The van der Waals surface area contributed by atoms with Gasteiger partial charge in [0.2, 0.25) is 0 Å². The lowest BCUT2D eigenvalue weighted by Crippen LogP contribution is -2.48. The molecule has 3 unspecified atom stereocenters. The number of hydrogen-bond donors (Lipinski definition) is 2. The number of ether oxygens (including phenoxy) is 2. The third-order valence-corrected chi connectivity index (χ3v) is 4.21. The highest BCUT2D eigenvalue weighted by atomic mass is 127. The van der Waals surface area contributed by atoms with Crippen molar-refractivity contribution < 1.29 is 18.3 Å². The average molecular weight is 453 g/mol. The van der Waals surface area contributed by atoms with Crippen LogP contribution in [0.3, 0.4) is 0 Å². The molecule has 2 saturated heterocycles. The second-order valence-electron chi connectivity index (χ2n) is 5.78. The zero-order valence-corrected chi connectivity index (χ0v) is 15.8. The van der Waals surface area contributed by atoms with E-state index < -0.39 is 11.6 Å². The first kappa shape index (κ1) is 19.2. The second kappa shape index (κ2) is 8.80. The summed E-state index contributed by atoms with van der Waals surface area (Å²) in [5, 5.41) is 6.50. The molecule has 0 amide bonds. The minimum absolute atomic E-state index is 0. The van der Waals surface area contributed by atoms with Crippen LogP contribution in [0.25, 0.3) is 0 Å². The Balaban J connectivity index is 0.00000208. The molecule has 5 nitrogen and oxygen atoms in total. The molecule has 3 atom stereocenters. The van der Waals surface area contributed by atoms with Gasteiger partial charge in [-0.05, 0) is 31.4 Å². The predicted octanol–water partition coefficient (Wildman–Crippen LogP) is 2.45. The highest BCUT2D eigenvalue weighted by Crippen LogP contribution is 2.34. The Morgan fingerprint density at radius 3 is 2.79 bits per heavy atom. The van der Waals surface area contributed by atoms with E-state index in [9.17, 15) is 8.78 Å². The van der Waals surface area contributed by atoms with Gasteiger partial charge < -0.3 is 20.1 Å². The van der Waals surface area contributed by atoms with Crippen molar-refractivity contribution in [3.05, 3.63) is 29.8 Å². The minimum atomic E-state index is -0.913. The number of benzene rings is 1. The molecule has 2 heterocycles. The summed E-state index contributed by atoms with van der Waals surface area (Å²) in [4.78, 5) is 4.18. The van der Waals surface area contributed by atoms with E-state index in [0.717, 1.165) is 31.4 Å². The lowest BCUT2D eigenvalue weighted by molar-refractivity contribution is 0.0992. The molecule has 2 aliphatic rings. The van der Waals surface area contributed by atoms with E-state index in [1.165, 1.54) is 6.07 Å². The van der Waals surface area contributed by atoms with E-state index in [1.807, 2.05) is 0 Å². The van der Waals surface area contributed by atoms with Crippen molar-refractivity contribution in [2.75, 3.05) is 20.2 Å². The van der Waals surface area contributed by atoms with Gasteiger partial charge in [-0.3, -0.25) is 4.99 Å². The lowest BCUT2D eigenvalue weighted by Gasteiger charge is -2.22. The highest BCUT2D eigenvalue weighted by molar-refractivity contribution is 14.0. The molecule has 0 spiro atoms. The lowest BCUT2D eigenvalue weighted by atomic mass is 9.96. The molecule has 2 N–H and O–H groups in total. The van der Waals surface area contributed by atoms with Crippen LogP contribution in [0.5, 0.6) is 5.75 Å². The molecule has 0 radical (unpaired) electrons. The molecule has 1 aromatic rings.